The second-order valence-corrected chi connectivity index (χ2v) is 6.88. The summed E-state index contributed by atoms with van der Waals surface area (Å²) < 4.78 is 15.9. The molecular weight excluding hydrogens is 368 g/mol. The first-order valence-corrected chi connectivity index (χ1v) is 9.12. The van der Waals surface area contributed by atoms with Crippen LogP contribution in [0.15, 0.2) is 30.3 Å². The summed E-state index contributed by atoms with van der Waals surface area (Å²) in [5.41, 5.74) is 3.10. The molecule has 0 aromatic heterocycles. The van der Waals surface area contributed by atoms with E-state index in [9.17, 15) is 4.79 Å². The number of hydrogen-bond acceptors (Lipinski definition) is 4. The molecule has 0 saturated heterocycles. The Bertz CT molecular complexity index is 841. The average molecular weight is 392 g/mol. The van der Waals surface area contributed by atoms with Crippen LogP contribution in [-0.2, 0) is 17.8 Å². The Kier molecular flexibility index (Phi) is 6.08. The number of nitrogens with one attached hydrogen (secondary N) is 2. The number of quaternary nitrogens is 1. The van der Waals surface area contributed by atoms with Gasteiger partial charge in [0.2, 0.25) is 0 Å². The smallest absolute Gasteiger partial charge is 0.279 e. The summed E-state index contributed by atoms with van der Waals surface area (Å²) in [6.45, 7) is 2.04. The van der Waals surface area contributed by atoms with Crippen LogP contribution in [0, 0.1) is 0 Å². The van der Waals surface area contributed by atoms with E-state index in [0.717, 1.165) is 31.0 Å². The minimum absolute atomic E-state index is 0.0461. The van der Waals surface area contributed by atoms with Gasteiger partial charge in [-0.25, -0.2) is 0 Å². The lowest BCUT2D eigenvalue weighted by atomic mass is 9.99. The van der Waals surface area contributed by atoms with Gasteiger partial charge in [-0.05, 0) is 35.9 Å². The molecule has 2 aromatic rings. The molecule has 3 rings (SSSR count). The Morgan fingerprint density at radius 3 is 2.33 bits per heavy atom. The van der Waals surface area contributed by atoms with Crippen LogP contribution in [0.2, 0.25) is 5.02 Å². The molecule has 0 bridgehead atoms. The van der Waals surface area contributed by atoms with Gasteiger partial charge in [-0.2, -0.15) is 0 Å². The van der Waals surface area contributed by atoms with Crippen molar-refractivity contribution in [1.29, 1.82) is 0 Å². The number of ether oxygens (including phenoxy) is 3. The molecule has 1 amide bonds. The molecule has 7 heteroatoms. The van der Waals surface area contributed by atoms with Crippen molar-refractivity contribution < 1.29 is 23.9 Å². The molecule has 0 radical (unpaired) electrons. The number of amides is 1. The Hall–Kier alpha value is -2.44. The molecular formula is C20H24ClN2O4+. The predicted octanol–water partition coefficient (Wildman–Crippen LogP) is 1.95. The van der Waals surface area contributed by atoms with Gasteiger partial charge in [0.05, 0.1) is 32.9 Å². The number of carbonyl (C=O) groups excluding carboxylic acids is 1. The lowest BCUT2D eigenvalue weighted by Gasteiger charge is -2.26. The van der Waals surface area contributed by atoms with Gasteiger partial charge in [0.25, 0.3) is 5.91 Å². The molecule has 0 fully saturated rings. The van der Waals surface area contributed by atoms with Gasteiger partial charge in [-0.3, -0.25) is 4.79 Å². The van der Waals surface area contributed by atoms with Gasteiger partial charge in [0, 0.05) is 17.7 Å². The van der Waals surface area contributed by atoms with E-state index in [0.29, 0.717) is 23.0 Å². The minimum Gasteiger partial charge on any atom is -0.495 e. The van der Waals surface area contributed by atoms with Crippen molar-refractivity contribution in [3.63, 3.8) is 0 Å². The minimum atomic E-state index is -0.0461. The van der Waals surface area contributed by atoms with Gasteiger partial charge in [0.15, 0.2) is 18.0 Å². The number of fused-ring (bicyclic) bond motifs is 1. The zero-order valence-electron chi connectivity index (χ0n) is 15.7. The van der Waals surface area contributed by atoms with Crippen LogP contribution in [0.3, 0.4) is 0 Å². The predicted molar refractivity (Wildman–Crippen MR) is 104 cm³/mol. The summed E-state index contributed by atoms with van der Waals surface area (Å²) in [7, 11) is 4.83. The maximum absolute atomic E-state index is 12.4. The van der Waals surface area contributed by atoms with Gasteiger partial charge in [0.1, 0.15) is 12.3 Å². The third-order valence-corrected chi connectivity index (χ3v) is 5.04. The highest BCUT2D eigenvalue weighted by Crippen LogP contribution is 2.31. The summed E-state index contributed by atoms with van der Waals surface area (Å²) in [6.07, 6.45) is 0.896. The van der Waals surface area contributed by atoms with Crippen molar-refractivity contribution in [2.75, 3.05) is 39.7 Å². The van der Waals surface area contributed by atoms with Crippen LogP contribution in [0.4, 0.5) is 5.69 Å². The number of rotatable bonds is 6. The highest BCUT2D eigenvalue weighted by Gasteiger charge is 2.24. The quantitative estimate of drug-likeness (QED) is 0.790. The largest absolute Gasteiger partial charge is 0.495 e. The molecule has 2 N–H and O–H groups in total. The average Bonchev–Trinajstić information content (AvgIpc) is 2.66. The van der Waals surface area contributed by atoms with Gasteiger partial charge < -0.3 is 24.4 Å². The Morgan fingerprint density at radius 2 is 1.70 bits per heavy atom. The van der Waals surface area contributed by atoms with Gasteiger partial charge in [-0.15, -0.1) is 0 Å². The molecule has 144 valence electrons. The summed E-state index contributed by atoms with van der Waals surface area (Å²) >= 11 is 6.11. The van der Waals surface area contributed by atoms with Crippen LogP contribution >= 0.6 is 11.6 Å². The van der Waals surface area contributed by atoms with Crippen molar-refractivity contribution in [2.45, 2.75) is 13.0 Å². The molecule has 1 atom stereocenters. The van der Waals surface area contributed by atoms with E-state index in [2.05, 4.69) is 5.32 Å². The van der Waals surface area contributed by atoms with E-state index in [1.165, 1.54) is 16.0 Å². The third kappa shape index (κ3) is 4.46. The Labute approximate surface area is 164 Å². The normalized spacial score (nSPS) is 15.6. The number of hydrogen-bond donors (Lipinski definition) is 2. The summed E-state index contributed by atoms with van der Waals surface area (Å²) in [5.74, 6) is 2.00. The van der Waals surface area contributed by atoms with E-state index >= 15 is 0 Å². The highest BCUT2D eigenvalue weighted by atomic mass is 35.5. The summed E-state index contributed by atoms with van der Waals surface area (Å²) in [6, 6.07) is 9.25. The van der Waals surface area contributed by atoms with Crippen molar-refractivity contribution in [1.82, 2.24) is 0 Å². The maximum Gasteiger partial charge on any atom is 0.279 e. The fraction of sp³-hybridized carbons (Fsp3) is 0.350. The fourth-order valence-electron chi connectivity index (χ4n) is 3.36. The van der Waals surface area contributed by atoms with Crippen LogP contribution < -0.4 is 24.4 Å². The standard InChI is InChI=1S/C20H23ClN2O4/c1-25-17-5-4-15(10-16(17)21)22-20(24)12-23-7-6-13-8-18(26-2)19(27-3)9-14(13)11-23/h4-5,8-10H,6-7,11-12H2,1-3H3,(H,22,24)/p+1. The lowest BCUT2D eigenvalue weighted by molar-refractivity contribution is -0.907. The molecule has 27 heavy (non-hydrogen) atoms. The second kappa shape index (κ2) is 8.50. The first-order valence-electron chi connectivity index (χ1n) is 8.74. The number of benzene rings is 2. The molecule has 6 nitrogen and oxygen atoms in total. The van der Waals surface area contributed by atoms with Crippen molar-refractivity contribution >= 4 is 23.2 Å². The van der Waals surface area contributed by atoms with Crippen molar-refractivity contribution in [2.24, 2.45) is 0 Å². The van der Waals surface area contributed by atoms with Crippen molar-refractivity contribution in [3.8, 4) is 17.2 Å². The van der Waals surface area contributed by atoms with E-state index in [-0.39, 0.29) is 5.91 Å². The molecule has 1 unspecified atom stereocenters. The van der Waals surface area contributed by atoms with Crippen LogP contribution in [0.25, 0.3) is 0 Å². The van der Waals surface area contributed by atoms with Crippen molar-refractivity contribution in [3.05, 3.63) is 46.5 Å². The lowest BCUT2D eigenvalue weighted by Crippen LogP contribution is -3.12. The Morgan fingerprint density at radius 1 is 1.04 bits per heavy atom. The van der Waals surface area contributed by atoms with Gasteiger partial charge in [-0.1, -0.05) is 11.6 Å². The molecule has 1 heterocycles. The van der Waals surface area contributed by atoms with Crippen LogP contribution in [0.1, 0.15) is 11.1 Å². The monoisotopic (exact) mass is 391 g/mol. The fourth-order valence-corrected chi connectivity index (χ4v) is 3.61. The first kappa shape index (κ1) is 19.3. The summed E-state index contributed by atoms with van der Waals surface area (Å²) in [4.78, 5) is 13.6. The molecule has 0 aliphatic carbocycles. The van der Waals surface area contributed by atoms with E-state index in [1.54, 1.807) is 39.5 Å². The van der Waals surface area contributed by atoms with Crippen LogP contribution in [0.5, 0.6) is 17.2 Å². The van der Waals surface area contributed by atoms with E-state index < -0.39 is 0 Å². The van der Waals surface area contributed by atoms with Crippen LogP contribution in [-0.4, -0.2) is 40.3 Å². The number of halogens is 1. The van der Waals surface area contributed by atoms with E-state index in [1.807, 2.05) is 12.1 Å². The molecule has 0 spiro atoms. The molecule has 2 aromatic carbocycles. The summed E-state index contributed by atoms with van der Waals surface area (Å²) in [5, 5.41) is 3.37. The molecule has 1 aliphatic rings. The molecule has 1 aliphatic heterocycles. The number of methoxy groups -OCH3 is 3. The SMILES string of the molecule is COc1ccc(NC(=O)C[NH+]2CCc3cc(OC)c(OC)cc3C2)cc1Cl. The third-order valence-electron chi connectivity index (χ3n) is 4.74. The maximum atomic E-state index is 12.4. The zero-order valence-corrected chi connectivity index (χ0v) is 16.5. The first-order chi connectivity index (χ1) is 13.0. The van der Waals surface area contributed by atoms with E-state index in [4.69, 9.17) is 25.8 Å². The topological polar surface area (TPSA) is 61.2 Å². The number of anilines is 1. The molecule has 0 saturated carbocycles. The second-order valence-electron chi connectivity index (χ2n) is 6.48. The zero-order chi connectivity index (χ0) is 19.4. The van der Waals surface area contributed by atoms with Gasteiger partial charge >= 0.3 is 0 Å². The highest BCUT2D eigenvalue weighted by molar-refractivity contribution is 6.32. The number of carbonyl (C=O) groups is 1. The Balaban J connectivity index is 1.64.